The summed E-state index contributed by atoms with van der Waals surface area (Å²) in [7, 11) is 0. The highest BCUT2D eigenvalue weighted by molar-refractivity contribution is 5.26. The van der Waals surface area contributed by atoms with E-state index >= 15 is 0 Å². The molecule has 1 unspecified atom stereocenters. The molecular formula is C12H21F. The summed E-state index contributed by atoms with van der Waals surface area (Å²) in [6, 6.07) is 0. The fourth-order valence-electron chi connectivity index (χ4n) is 1.55. The Morgan fingerprint density at radius 1 is 1.31 bits per heavy atom. The zero-order valence-electron chi connectivity index (χ0n) is 9.39. The van der Waals surface area contributed by atoms with Crippen molar-refractivity contribution < 1.29 is 4.39 Å². The van der Waals surface area contributed by atoms with E-state index in [4.69, 9.17) is 0 Å². The van der Waals surface area contributed by atoms with E-state index in [1.165, 1.54) is 11.1 Å². The van der Waals surface area contributed by atoms with Crippen LogP contribution >= 0.6 is 0 Å². The number of hydrogen-bond acceptors (Lipinski definition) is 0. The molecule has 0 aromatic heterocycles. The van der Waals surface area contributed by atoms with E-state index in [1.54, 1.807) is 6.92 Å². The fraction of sp³-hybridized carbons (Fsp3) is 0.667. The van der Waals surface area contributed by atoms with Gasteiger partial charge in [0.25, 0.3) is 0 Å². The molecule has 0 N–H and O–H groups in total. The van der Waals surface area contributed by atoms with Crippen LogP contribution in [0.4, 0.5) is 4.39 Å². The molecule has 0 spiro atoms. The Balaban J connectivity index is 4.64. The van der Waals surface area contributed by atoms with Gasteiger partial charge < -0.3 is 0 Å². The predicted molar refractivity (Wildman–Crippen MR) is 57.5 cm³/mol. The third-order valence-electron chi connectivity index (χ3n) is 2.05. The number of allylic oxidation sites excluding steroid dienone is 4. The molecule has 0 aromatic carbocycles. The summed E-state index contributed by atoms with van der Waals surface area (Å²) in [6.07, 6.45) is 3.92. The van der Waals surface area contributed by atoms with Gasteiger partial charge in [-0.1, -0.05) is 31.6 Å². The Morgan fingerprint density at radius 2 is 1.85 bits per heavy atom. The first-order valence-corrected chi connectivity index (χ1v) is 4.95. The first kappa shape index (κ1) is 12.4. The van der Waals surface area contributed by atoms with Gasteiger partial charge in [0.15, 0.2) is 0 Å². The topological polar surface area (TPSA) is 0 Å². The molecule has 0 fully saturated rings. The van der Waals surface area contributed by atoms with Crippen LogP contribution in [0.25, 0.3) is 0 Å². The first-order chi connectivity index (χ1) is 5.99. The highest BCUT2D eigenvalue weighted by Gasteiger charge is 2.07. The van der Waals surface area contributed by atoms with Gasteiger partial charge in [-0.05, 0) is 38.7 Å². The molecule has 0 nitrogen and oxygen atoms in total. The first-order valence-electron chi connectivity index (χ1n) is 4.95. The van der Waals surface area contributed by atoms with Crippen LogP contribution in [0.2, 0.25) is 0 Å². The van der Waals surface area contributed by atoms with Gasteiger partial charge in [0, 0.05) is 0 Å². The van der Waals surface area contributed by atoms with Gasteiger partial charge in [-0.2, -0.15) is 0 Å². The fourth-order valence-corrected chi connectivity index (χ4v) is 1.55. The number of hydrogen-bond donors (Lipinski definition) is 0. The highest BCUT2D eigenvalue weighted by Crippen LogP contribution is 2.20. The summed E-state index contributed by atoms with van der Waals surface area (Å²) in [5.41, 5.74) is 2.44. The minimum Gasteiger partial charge on any atom is -0.247 e. The Morgan fingerprint density at radius 3 is 2.15 bits per heavy atom. The Labute approximate surface area is 81.5 Å². The molecule has 1 atom stereocenters. The molecule has 0 bridgehead atoms. The second kappa shape index (κ2) is 5.95. The van der Waals surface area contributed by atoms with Crippen LogP contribution in [0, 0.1) is 5.92 Å². The molecule has 0 aliphatic carbocycles. The Kier molecular flexibility index (Phi) is 5.68. The van der Waals surface area contributed by atoms with Crippen molar-refractivity contribution in [3.05, 3.63) is 23.3 Å². The monoisotopic (exact) mass is 184 g/mol. The van der Waals surface area contributed by atoms with Crippen molar-refractivity contribution in [2.75, 3.05) is 0 Å². The smallest absolute Gasteiger partial charge is 0.101 e. The summed E-state index contributed by atoms with van der Waals surface area (Å²) in [5, 5.41) is 0. The summed E-state index contributed by atoms with van der Waals surface area (Å²) in [5.74, 6) is 0.481. The van der Waals surface area contributed by atoms with E-state index in [0.717, 1.165) is 0 Å². The van der Waals surface area contributed by atoms with Crippen molar-refractivity contribution in [3.8, 4) is 0 Å². The molecule has 0 saturated carbocycles. The largest absolute Gasteiger partial charge is 0.247 e. The van der Waals surface area contributed by atoms with Crippen molar-refractivity contribution in [3.63, 3.8) is 0 Å². The van der Waals surface area contributed by atoms with Crippen molar-refractivity contribution in [2.45, 2.75) is 47.2 Å². The Hall–Kier alpha value is -0.590. The number of rotatable bonds is 4. The highest BCUT2D eigenvalue weighted by atomic mass is 19.1. The molecule has 0 radical (unpaired) electrons. The van der Waals surface area contributed by atoms with Crippen molar-refractivity contribution in [2.24, 2.45) is 5.92 Å². The average molecular weight is 184 g/mol. The summed E-state index contributed by atoms with van der Waals surface area (Å²) < 4.78 is 12.8. The second-order valence-electron chi connectivity index (χ2n) is 3.88. The van der Waals surface area contributed by atoms with E-state index in [0.29, 0.717) is 12.3 Å². The zero-order chi connectivity index (χ0) is 10.4. The normalized spacial score (nSPS) is 16.5. The standard InChI is InChI=1S/C12H21F/c1-6-7-12(9(2)3)10(4)8-11(5)13/h6-7,9,11H,8H2,1-5H3/b7-6-,12-10-. The molecule has 0 aliphatic rings. The van der Waals surface area contributed by atoms with Gasteiger partial charge in [0.1, 0.15) is 6.17 Å². The lowest BCUT2D eigenvalue weighted by Gasteiger charge is -2.12. The average Bonchev–Trinajstić information content (AvgIpc) is 1.97. The SMILES string of the molecule is C/C=C\C(=C(/C)CC(C)F)C(C)C. The molecule has 0 saturated heterocycles. The molecule has 0 aliphatic heterocycles. The number of alkyl halides is 1. The molecule has 13 heavy (non-hydrogen) atoms. The molecular weight excluding hydrogens is 163 g/mol. The van der Waals surface area contributed by atoms with E-state index < -0.39 is 6.17 Å². The molecule has 0 rings (SSSR count). The van der Waals surface area contributed by atoms with Crippen molar-refractivity contribution in [1.29, 1.82) is 0 Å². The van der Waals surface area contributed by atoms with Crippen molar-refractivity contribution >= 4 is 0 Å². The third kappa shape index (κ3) is 4.87. The van der Waals surface area contributed by atoms with Crippen LogP contribution < -0.4 is 0 Å². The zero-order valence-corrected chi connectivity index (χ0v) is 9.39. The Bertz CT molecular complexity index is 197. The lowest BCUT2D eigenvalue weighted by atomic mass is 9.95. The van der Waals surface area contributed by atoms with Crippen LogP contribution in [-0.4, -0.2) is 6.17 Å². The predicted octanol–water partition coefficient (Wildman–Crippen LogP) is 4.28. The quantitative estimate of drug-likeness (QED) is 0.572. The maximum atomic E-state index is 12.8. The van der Waals surface area contributed by atoms with Gasteiger partial charge in [-0.15, -0.1) is 0 Å². The van der Waals surface area contributed by atoms with Gasteiger partial charge in [-0.25, -0.2) is 4.39 Å². The lowest BCUT2D eigenvalue weighted by Crippen LogP contribution is -2.00. The van der Waals surface area contributed by atoms with Crippen molar-refractivity contribution in [1.82, 2.24) is 0 Å². The van der Waals surface area contributed by atoms with Gasteiger partial charge >= 0.3 is 0 Å². The second-order valence-corrected chi connectivity index (χ2v) is 3.88. The van der Waals surface area contributed by atoms with Crippen LogP contribution in [0.15, 0.2) is 23.3 Å². The van der Waals surface area contributed by atoms with Gasteiger partial charge in [0.05, 0.1) is 0 Å². The van der Waals surface area contributed by atoms with E-state index in [2.05, 4.69) is 19.9 Å². The lowest BCUT2D eigenvalue weighted by molar-refractivity contribution is 0.358. The molecule has 0 aromatic rings. The van der Waals surface area contributed by atoms with E-state index in [9.17, 15) is 4.39 Å². The maximum Gasteiger partial charge on any atom is 0.101 e. The minimum atomic E-state index is -0.737. The van der Waals surface area contributed by atoms with Crippen LogP contribution in [-0.2, 0) is 0 Å². The summed E-state index contributed by atoms with van der Waals surface area (Å²) in [6.45, 7) is 9.90. The van der Waals surface area contributed by atoms with Crippen LogP contribution in [0.3, 0.4) is 0 Å². The molecule has 76 valence electrons. The minimum absolute atomic E-state index is 0.481. The number of halogens is 1. The van der Waals surface area contributed by atoms with E-state index in [1.807, 2.05) is 19.9 Å². The third-order valence-corrected chi connectivity index (χ3v) is 2.05. The molecule has 0 amide bonds. The van der Waals surface area contributed by atoms with Gasteiger partial charge in [0.2, 0.25) is 0 Å². The summed E-state index contributed by atoms with van der Waals surface area (Å²) in [4.78, 5) is 0. The van der Waals surface area contributed by atoms with Crippen LogP contribution in [0.5, 0.6) is 0 Å². The molecule has 1 heteroatoms. The van der Waals surface area contributed by atoms with Crippen LogP contribution in [0.1, 0.15) is 41.0 Å². The van der Waals surface area contributed by atoms with Gasteiger partial charge in [-0.3, -0.25) is 0 Å². The van der Waals surface area contributed by atoms with E-state index in [-0.39, 0.29) is 0 Å². The molecule has 0 heterocycles. The maximum absolute atomic E-state index is 12.8. The summed E-state index contributed by atoms with van der Waals surface area (Å²) >= 11 is 0.